The van der Waals surface area contributed by atoms with Gasteiger partial charge in [0.15, 0.2) is 0 Å². The van der Waals surface area contributed by atoms with E-state index in [-0.39, 0.29) is 5.56 Å². The average Bonchev–Trinajstić information content (AvgIpc) is 2.79. The Balaban J connectivity index is 1.33. The molecule has 31 heavy (non-hydrogen) atoms. The van der Waals surface area contributed by atoms with Gasteiger partial charge in [-0.05, 0) is 35.9 Å². The predicted octanol–water partition coefficient (Wildman–Crippen LogP) is 4.33. The molecule has 4 rings (SSSR count). The zero-order valence-corrected chi connectivity index (χ0v) is 17.8. The first kappa shape index (κ1) is 21.2. The second-order valence-corrected chi connectivity index (χ2v) is 7.88. The summed E-state index contributed by atoms with van der Waals surface area (Å²) < 4.78 is 5.94. The number of piperazine rings is 1. The largest absolute Gasteiger partial charge is 0.489 e. The van der Waals surface area contributed by atoms with Crippen molar-refractivity contribution in [2.24, 2.45) is 0 Å². The molecule has 7 heteroatoms. The Morgan fingerprint density at radius 2 is 1.84 bits per heavy atom. The van der Waals surface area contributed by atoms with Crippen LogP contribution in [0.5, 0.6) is 5.75 Å². The van der Waals surface area contributed by atoms with Crippen LogP contribution < -0.4 is 9.64 Å². The molecule has 0 radical (unpaired) electrons. The number of ether oxygens (including phenoxy) is 1. The molecule has 160 valence electrons. The van der Waals surface area contributed by atoms with E-state index in [1.54, 1.807) is 18.3 Å². The zero-order valence-electron chi connectivity index (χ0n) is 17.1. The number of nitrogens with zero attached hydrogens (tertiary/aromatic N) is 3. The highest BCUT2D eigenvalue weighted by molar-refractivity contribution is 6.31. The summed E-state index contributed by atoms with van der Waals surface area (Å²) >= 11 is 6.21. The molecule has 0 aliphatic carbocycles. The highest BCUT2D eigenvalue weighted by Gasteiger charge is 2.22. The summed E-state index contributed by atoms with van der Waals surface area (Å²) in [6, 6.07) is 19.0. The van der Waals surface area contributed by atoms with Crippen molar-refractivity contribution in [1.82, 2.24) is 9.88 Å². The van der Waals surface area contributed by atoms with Crippen LogP contribution in [0, 0.1) is 0 Å². The lowest BCUT2D eigenvalue weighted by atomic mass is 10.1. The molecular formula is C24H24ClN3O3. The number of benzene rings is 2. The van der Waals surface area contributed by atoms with E-state index in [9.17, 15) is 9.90 Å². The third-order valence-corrected chi connectivity index (χ3v) is 5.71. The van der Waals surface area contributed by atoms with Crippen LogP contribution in [0.4, 0.5) is 5.82 Å². The molecule has 6 nitrogen and oxygen atoms in total. The Bertz CT molecular complexity index is 1050. The SMILES string of the molecule is O=C(O)c1cccnc1N1CCN(Cc2cccc(OCc3ccccc3Cl)c2)CC1. The van der Waals surface area contributed by atoms with Crippen LogP contribution in [0.15, 0.2) is 66.9 Å². The van der Waals surface area contributed by atoms with Gasteiger partial charge in [0.2, 0.25) is 0 Å². The molecule has 1 aromatic heterocycles. The minimum absolute atomic E-state index is 0.249. The molecule has 3 aromatic rings. The van der Waals surface area contributed by atoms with Crippen molar-refractivity contribution in [3.8, 4) is 5.75 Å². The van der Waals surface area contributed by atoms with Crippen molar-refractivity contribution in [1.29, 1.82) is 0 Å². The van der Waals surface area contributed by atoms with Gasteiger partial charge in [-0.15, -0.1) is 0 Å². The van der Waals surface area contributed by atoms with Gasteiger partial charge in [0.1, 0.15) is 23.7 Å². The monoisotopic (exact) mass is 437 g/mol. The fourth-order valence-electron chi connectivity index (χ4n) is 3.70. The minimum Gasteiger partial charge on any atom is -0.489 e. The second kappa shape index (κ2) is 9.81. The van der Waals surface area contributed by atoms with Crippen molar-refractivity contribution >= 4 is 23.4 Å². The Hall–Kier alpha value is -3.09. The number of aromatic carboxylic acids is 1. The number of hydrogen-bond acceptors (Lipinski definition) is 5. The molecule has 0 spiro atoms. The molecular weight excluding hydrogens is 414 g/mol. The van der Waals surface area contributed by atoms with Crippen molar-refractivity contribution in [2.45, 2.75) is 13.2 Å². The number of rotatable bonds is 7. The van der Waals surface area contributed by atoms with Crippen molar-refractivity contribution in [3.05, 3.63) is 88.6 Å². The maximum absolute atomic E-state index is 11.5. The molecule has 1 aliphatic heterocycles. The highest BCUT2D eigenvalue weighted by Crippen LogP contribution is 2.22. The van der Waals surface area contributed by atoms with Crippen molar-refractivity contribution < 1.29 is 14.6 Å². The smallest absolute Gasteiger partial charge is 0.339 e. The summed E-state index contributed by atoms with van der Waals surface area (Å²) in [5.41, 5.74) is 2.38. The number of anilines is 1. The molecule has 0 unspecified atom stereocenters. The third kappa shape index (κ3) is 5.34. The maximum atomic E-state index is 11.5. The van der Waals surface area contributed by atoms with Crippen LogP contribution in [0.1, 0.15) is 21.5 Å². The van der Waals surface area contributed by atoms with Gasteiger partial charge in [0, 0.05) is 49.5 Å². The van der Waals surface area contributed by atoms with E-state index in [0.29, 0.717) is 17.4 Å². The van der Waals surface area contributed by atoms with Crippen LogP contribution in [0.2, 0.25) is 5.02 Å². The summed E-state index contributed by atoms with van der Waals surface area (Å²) in [7, 11) is 0. The Morgan fingerprint density at radius 1 is 1.03 bits per heavy atom. The van der Waals surface area contributed by atoms with Gasteiger partial charge < -0.3 is 14.7 Å². The molecule has 0 bridgehead atoms. The van der Waals surface area contributed by atoms with E-state index >= 15 is 0 Å². The van der Waals surface area contributed by atoms with Gasteiger partial charge >= 0.3 is 5.97 Å². The first-order chi connectivity index (χ1) is 15.1. The summed E-state index contributed by atoms with van der Waals surface area (Å²) in [4.78, 5) is 20.2. The van der Waals surface area contributed by atoms with Crippen LogP contribution in [-0.2, 0) is 13.2 Å². The summed E-state index contributed by atoms with van der Waals surface area (Å²) in [5, 5.41) is 10.1. The van der Waals surface area contributed by atoms with E-state index in [1.165, 1.54) is 5.56 Å². The standard InChI is InChI=1S/C24H24ClN3O3/c25-22-9-2-1-6-19(22)17-31-20-7-3-5-18(15-20)16-27-11-13-28(14-12-27)23-21(24(29)30)8-4-10-26-23/h1-10,15H,11-14,16-17H2,(H,29,30). The first-order valence-corrected chi connectivity index (χ1v) is 10.6. The second-order valence-electron chi connectivity index (χ2n) is 7.47. The molecule has 2 aromatic carbocycles. The molecule has 1 aliphatic rings. The Labute approximate surface area is 186 Å². The van der Waals surface area contributed by atoms with E-state index in [4.69, 9.17) is 16.3 Å². The Kier molecular flexibility index (Phi) is 6.70. The van der Waals surface area contributed by atoms with E-state index in [1.807, 2.05) is 41.3 Å². The fraction of sp³-hybridized carbons (Fsp3) is 0.250. The minimum atomic E-state index is -0.945. The fourth-order valence-corrected chi connectivity index (χ4v) is 3.89. The molecule has 0 atom stereocenters. The molecule has 1 fully saturated rings. The van der Waals surface area contributed by atoms with Gasteiger partial charge in [0.05, 0.1) is 0 Å². The molecule has 0 amide bonds. The van der Waals surface area contributed by atoms with E-state index in [0.717, 1.165) is 44.0 Å². The number of halogens is 1. The first-order valence-electron chi connectivity index (χ1n) is 10.2. The topological polar surface area (TPSA) is 65.9 Å². The van der Waals surface area contributed by atoms with Crippen molar-refractivity contribution in [2.75, 3.05) is 31.1 Å². The van der Waals surface area contributed by atoms with Crippen LogP contribution in [-0.4, -0.2) is 47.1 Å². The number of carbonyl (C=O) groups is 1. The molecule has 0 saturated carbocycles. The summed E-state index contributed by atoms with van der Waals surface area (Å²) in [6.07, 6.45) is 1.64. The zero-order chi connectivity index (χ0) is 21.6. The normalized spacial score (nSPS) is 14.4. The van der Waals surface area contributed by atoms with Crippen LogP contribution in [0.25, 0.3) is 0 Å². The van der Waals surface area contributed by atoms with Gasteiger partial charge in [-0.1, -0.05) is 41.9 Å². The lowest BCUT2D eigenvalue weighted by Gasteiger charge is -2.35. The quantitative estimate of drug-likeness (QED) is 0.593. The number of aromatic nitrogens is 1. The number of hydrogen-bond donors (Lipinski definition) is 1. The number of carboxylic acids is 1. The Morgan fingerprint density at radius 3 is 2.61 bits per heavy atom. The van der Waals surface area contributed by atoms with Gasteiger partial charge in [-0.3, -0.25) is 4.90 Å². The van der Waals surface area contributed by atoms with Crippen LogP contribution >= 0.6 is 11.6 Å². The maximum Gasteiger partial charge on any atom is 0.339 e. The van der Waals surface area contributed by atoms with Crippen molar-refractivity contribution in [3.63, 3.8) is 0 Å². The molecule has 1 saturated heterocycles. The van der Waals surface area contributed by atoms with Gasteiger partial charge in [0.25, 0.3) is 0 Å². The van der Waals surface area contributed by atoms with Crippen LogP contribution in [0.3, 0.4) is 0 Å². The average molecular weight is 438 g/mol. The summed E-state index contributed by atoms with van der Waals surface area (Å²) in [6.45, 7) is 4.38. The van der Waals surface area contributed by atoms with E-state index < -0.39 is 5.97 Å². The lowest BCUT2D eigenvalue weighted by Crippen LogP contribution is -2.46. The van der Waals surface area contributed by atoms with E-state index in [2.05, 4.69) is 22.0 Å². The third-order valence-electron chi connectivity index (χ3n) is 5.35. The molecule has 2 heterocycles. The number of pyridine rings is 1. The number of carboxylic acid groups (broad SMARTS) is 1. The molecule has 1 N–H and O–H groups in total. The van der Waals surface area contributed by atoms with Gasteiger partial charge in [-0.25, -0.2) is 9.78 Å². The lowest BCUT2D eigenvalue weighted by molar-refractivity contribution is 0.0697. The highest BCUT2D eigenvalue weighted by atomic mass is 35.5. The van der Waals surface area contributed by atoms with Gasteiger partial charge in [-0.2, -0.15) is 0 Å². The summed E-state index contributed by atoms with van der Waals surface area (Å²) in [5.74, 6) is 0.416. The predicted molar refractivity (Wildman–Crippen MR) is 121 cm³/mol.